The lowest BCUT2D eigenvalue weighted by Crippen LogP contribution is -2.14. The number of nitrogens with zero attached hydrogens (tertiary/aromatic N) is 1. The number of hydrogen-bond donors (Lipinski definition) is 3. The number of carbonyl (C=O) groups is 1. The van der Waals surface area contributed by atoms with Crippen molar-refractivity contribution >= 4 is 39.8 Å². The molecule has 146 valence electrons. The fraction of sp³-hybridized carbons (Fsp3) is 0.200. The lowest BCUT2D eigenvalue weighted by atomic mass is 10.0. The smallest absolute Gasteiger partial charge is 0.252 e. The van der Waals surface area contributed by atoms with E-state index in [4.69, 9.17) is 27.2 Å². The van der Waals surface area contributed by atoms with Gasteiger partial charge in [0.1, 0.15) is 11.6 Å². The Labute approximate surface area is 166 Å². The van der Waals surface area contributed by atoms with Crippen LogP contribution in [0.2, 0.25) is 5.02 Å². The number of aromatic nitrogens is 1. The number of pyridine rings is 1. The van der Waals surface area contributed by atoms with Gasteiger partial charge in [-0.1, -0.05) is 11.6 Å². The van der Waals surface area contributed by atoms with Gasteiger partial charge in [0.05, 0.1) is 28.9 Å². The predicted octanol–water partition coefficient (Wildman–Crippen LogP) is 3.80. The SMILES string of the molecule is COc1cc2ncc(C(N)=O)c(Nc3ccc(F)c(Cl)c3)c2cc1CCCO. The summed E-state index contributed by atoms with van der Waals surface area (Å²) >= 11 is 5.86. The summed E-state index contributed by atoms with van der Waals surface area (Å²) in [5.74, 6) is -0.563. The van der Waals surface area contributed by atoms with Crippen molar-refractivity contribution in [1.82, 2.24) is 4.98 Å². The average molecular weight is 404 g/mol. The standard InChI is InChI=1S/C20H19ClFN3O3/c1-28-18-9-17-13(7-11(18)3-2-6-26)19(14(10-24-17)20(23)27)25-12-4-5-16(22)15(21)8-12/h4-5,7-10,26H,2-3,6H2,1H3,(H2,23,27)(H,24,25). The molecule has 1 amide bonds. The number of anilines is 2. The second-order valence-corrected chi connectivity index (χ2v) is 6.58. The summed E-state index contributed by atoms with van der Waals surface area (Å²) < 4.78 is 18.9. The maximum absolute atomic E-state index is 13.5. The third kappa shape index (κ3) is 4.00. The van der Waals surface area contributed by atoms with E-state index in [1.807, 2.05) is 6.07 Å². The van der Waals surface area contributed by atoms with Crippen molar-refractivity contribution in [1.29, 1.82) is 0 Å². The van der Waals surface area contributed by atoms with Crippen molar-refractivity contribution in [3.8, 4) is 5.75 Å². The van der Waals surface area contributed by atoms with Gasteiger partial charge in [-0.25, -0.2) is 4.39 Å². The van der Waals surface area contributed by atoms with Crippen molar-refractivity contribution in [3.63, 3.8) is 0 Å². The van der Waals surface area contributed by atoms with Crippen LogP contribution < -0.4 is 15.8 Å². The van der Waals surface area contributed by atoms with Gasteiger partial charge >= 0.3 is 0 Å². The Bertz CT molecular complexity index is 1040. The molecule has 8 heteroatoms. The molecule has 4 N–H and O–H groups in total. The largest absolute Gasteiger partial charge is 0.496 e. The molecule has 0 spiro atoms. The Balaban J connectivity index is 2.19. The van der Waals surface area contributed by atoms with Gasteiger partial charge in [0, 0.05) is 29.9 Å². The number of methoxy groups -OCH3 is 1. The summed E-state index contributed by atoms with van der Waals surface area (Å²) in [5.41, 5.74) is 8.09. The van der Waals surface area contributed by atoms with Crippen LogP contribution in [0, 0.1) is 5.82 Å². The van der Waals surface area contributed by atoms with E-state index in [9.17, 15) is 9.18 Å². The first-order chi connectivity index (χ1) is 13.4. The van der Waals surface area contributed by atoms with E-state index in [2.05, 4.69) is 10.3 Å². The topological polar surface area (TPSA) is 97.5 Å². The van der Waals surface area contributed by atoms with Crippen molar-refractivity contribution in [2.45, 2.75) is 12.8 Å². The van der Waals surface area contributed by atoms with Crippen LogP contribution in [-0.4, -0.2) is 29.7 Å². The van der Waals surface area contributed by atoms with E-state index >= 15 is 0 Å². The Morgan fingerprint density at radius 3 is 2.79 bits per heavy atom. The molecule has 0 aliphatic carbocycles. The van der Waals surface area contributed by atoms with Gasteiger partial charge in [-0.05, 0) is 42.7 Å². The molecule has 6 nitrogen and oxygen atoms in total. The molecule has 0 aliphatic rings. The number of carbonyl (C=O) groups excluding carboxylic acids is 1. The number of aliphatic hydroxyl groups is 1. The highest BCUT2D eigenvalue weighted by atomic mass is 35.5. The Kier molecular flexibility index (Phi) is 5.96. The minimum atomic E-state index is -0.655. The normalized spacial score (nSPS) is 10.9. The fourth-order valence-corrected chi connectivity index (χ4v) is 3.14. The molecule has 0 atom stereocenters. The van der Waals surface area contributed by atoms with Crippen LogP contribution in [0.3, 0.4) is 0 Å². The van der Waals surface area contributed by atoms with Gasteiger partial charge in [-0.3, -0.25) is 9.78 Å². The highest BCUT2D eigenvalue weighted by Gasteiger charge is 2.17. The van der Waals surface area contributed by atoms with Gasteiger partial charge in [0.15, 0.2) is 0 Å². The highest BCUT2D eigenvalue weighted by Crippen LogP contribution is 2.34. The van der Waals surface area contributed by atoms with Crippen LogP contribution >= 0.6 is 11.6 Å². The summed E-state index contributed by atoms with van der Waals surface area (Å²) in [6.07, 6.45) is 2.52. The van der Waals surface area contributed by atoms with Crippen LogP contribution in [0.1, 0.15) is 22.3 Å². The number of primary amides is 1. The Morgan fingerprint density at radius 2 is 2.14 bits per heavy atom. The quantitative estimate of drug-likeness (QED) is 0.557. The molecule has 2 aromatic carbocycles. The molecule has 0 unspecified atom stereocenters. The maximum Gasteiger partial charge on any atom is 0.252 e. The lowest BCUT2D eigenvalue weighted by molar-refractivity contribution is 0.100. The van der Waals surface area contributed by atoms with Crippen molar-refractivity contribution in [3.05, 3.63) is 58.5 Å². The monoisotopic (exact) mass is 403 g/mol. The van der Waals surface area contributed by atoms with Crippen LogP contribution in [-0.2, 0) is 6.42 Å². The predicted molar refractivity (Wildman–Crippen MR) is 107 cm³/mol. The molecule has 0 saturated heterocycles. The van der Waals surface area contributed by atoms with Crippen LogP contribution in [0.25, 0.3) is 10.9 Å². The highest BCUT2D eigenvalue weighted by molar-refractivity contribution is 6.31. The first-order valence-corrected chi connectivity index (χ1v) is 8.94. The Hall–Kier alpha value is -2.90. The van der Waals surface area contributed by atoms with E-state index in [0.29, 0.717) is 40.9 Å². The molecule has 0 saturated carbocycles. The van der Waals surface area contributed by atoms with E-state index in [-0.39, 0.29) is 17.2 Å². The number of halogens is 2. The fourth-order valence-electron chi connectivity index (χ4n) is 2.96. The number of aliphatic hydroxyl groups excluding tert-OH is 1. The zero-order valence-electron chi connectivity index (χ0n) is 15.1. The molecular weight excluding hydrogens is 385 g/mol. The van der Waals surface area contributed by atoms with Gasteiger partial charge in [0.25, 0.3) is 5.91 Å². The van der Waals surface area contributed by atoms with E-state index < -0.39 is 11.7 Å². The molecule has 0 radical (unpaired) electrons. The van der Waals surface area contributed by atoms with Crippen molar-refractivity contribution < 1.29 is 19.0 Å². The number of benzene rings is 2. The van der Waals surface area contributed by atoms with Gasteiger partial charge in [-0.2, -0.15) is 0 Å². The zero-order chi connectivity index (χ0) is 20.3. The maximum atomic E-state index is 13.5. The average Bonchev–Trinajstić information content (AvgIpc) is 2.68. The molecule has 1 aromatic heterocycles. The third-order valence-corrected chi connectivity index (χ3v) is 4.62. The molecule has 0 fully saturated rings. The molecule has 28 heavy (non-hydrogen) atoms. The molecule has 0 aliphatic heterocycles. The number of rotatable bonds is 7. The summed E-state index contributed by atoms with van der Waals surface area (Å²) in [7, 11) is 1.56. The zero-order valence-corrected chi connectivity index (χ0v) is 15.9. The molecular formula is C20H19ClFN3O3. The number of fused-ring (bicyclic) bond motifs is 1. The van der Waals surface area contributed by atoms with E-state index in [1.54, 1.807) is 13.2 Å². The number of amides is 1. The van der Waals surface area contributed by atoms with E-state index in [1.165, 1.54) is 24.4 Å². The first-order valence-electron chi connectivity index (χ1n) is 8.57. The molecule has 0 bridgehead atoms. The molecule has 3 rings (SSSR count). The number of nitrogens with one attached hydrogen (secondary N) is 1. The number of ether oxygens (including phenoxy) is 1. The summed E-state index contributed by atoms with van der Waals surface area (Å²) in [4.78, 5) is 16.3. The molecule has 3 aromatic rings. The van der Waals surface area contributed by atoms with E-state index in [0.717, 1.165) is 5.56 Å². The minimum Gasteiger partial charge on any atom is -0.496 e. The number of nitrogens with two attached hydrogens (primary N) is 1. The van der Waals surface area contributed by atoms with Crippen LogP contribution in [0.5, 0.6) is 5.75 Å². The van der Waals surface area contributed by atoms with Crippen LogP contribution in [0.15, 0.2) is 36.5 Å². The number of aryl methyl sites for hydroxylation is 1. The molecule has 1 heterocycles. The Morgan fingerprint density at radius 1 is 1.36 bits per heavy atom. The van der Waals surface area contributed by atoms with Crippen LogP contribution in [0.4, 0.5) is 15.8 Å². The second-order valence-electron chi connectivity index (χ2n) is 6.17. The summed E-state index contributed by atoms with van der Waals surface area (Å²) in [5, 5.41) is 12.8. The number of hydrogen-bond acceptors (Lipinski definition) is 5. The summed E-state index contributed by atoms with van der Waals surface area (Å²) in [6.45, 7) is 0.0416. The van der Waals surface area contributed by atoms with Gasteiger partial charge in [0.2, 0.25) is 0 Å². The third-order valence-electron chi connectivity index (χ3n) is 4.33. The second kappa shape index (κ2) is 8.41. The van der Waals surface area contributed by atoms with Gasteiger partial charge in [-0.15, -0.1) is 0 Å². The van der Waals surface area contributed by atoms with Crippen molar-refractivity contribution in [2.75, 3.05) is 19.0 Å². The first kappa shape index (κ1) is 19.9. The lowest BCUT2D eigenvalue weighted by Gasteiger charge is -2.16. The minimum absolute atomic E-state index is 0.0416. The van der Waals surface area contributed by atoms with Crippen molar-refractivity contribution in [2.24, 2.45) is 5.73 Å². The summed E-state index contributed by atoms with van der Waals surface area (Å²) in [6, 6.07) is 7.76. The van der Waals surface area contributed by atoms with Gasteiger partial charge < -0.3 is 20.9 Å².